The third-order valence-corrected chi connectivity index (χ3v) is 5.51. The first-order valence-corrected chi connectivity index (χ1v) is 9.37. The van der Waals surface area contributed by atoms with E-state index in [1.54, 1.807) is 0 Å². The summed E-state index contributed by atoms with van der Waals surface area (Å²) in [5.74, 6) is -0.113. The maximum absolute atomic E-state index is 12.3. The van der Waals surface area contributed by atoms with E-state index in [9.17, 15) is 4.79 Å². The Balaban J connectivity index is 1.63. The van der Waals surface area contributed by atoms with Crippen LogP contribution >= 0.6 is 27.3 Å². The Bertz CT molecular complexity index is 1080. The second-order valence-corrected chi connectivity index (χ2v) is 7.59. The predicted octanol–water partition coefficient (Wildman–Crippen LogP) is 5.39. The summed E-state index contributed by atoms with van der Waals surface area (Å²) in [7, 11) is 0. The number of aromatic nitrogens is 2. The van der Waals surface area contributed by atoms with Crippen molar-refractivity contribution in [3.05, 3.63) is 75.2 Å². The van der Waals surface area contributed by atoms with Gasteiger partial charge in [0.2, 0.25) is 0 Å². The van der Waals surface area contributed by atoms with E-state index in [1.165, 1.54) is 16.9 Å². The first-order chi connectivity index (χ1) is 12.1. The Morgan fingerprint density at radius 2 is 2.12 bits per heavy atom. The quantitative estimate of drug-likeness (QED) is 0.491. The Kier molecular flexibility index (Phi) is 4.15. The highest BCUT2D eigenvalue weighted by atomic mass is 79.9. The number of carbonyl (C=O) groups is 1. The Morgan fingerprint density at radius 3 is 2.92 bits per heavy atom. The van der Waals surface area contributed by atoms with Gasteiger partial charge >= 0.3 is 0 Å². The molecule has 6 heteroatoms. The number of aryl methyl sites for hydroxylation is 1. The molecule has 25 heavy (non-hydrogen) atoms. The lowest BCUT2D eigenvalue weighted by Gasteiger charge is -2.05. The predicted molar refractivity (Wildman–Crippen MR) is 105 cm³/mol. The van der Waals surface area contributed by atoms with Gasteiger partial charge in [-0.2, -0.15) is 0 Å². The van der Waals surface area contributed by atoms with Crippen LogP contribution < -0.4 is 5.32 Å². The molecule has 0 aliphatic carbocycles. The standard InChI is InChI=1S/C19H14BrN3OS/c1-12-5-6-23-10-16(22-18(23)7-12)13-3-2-4-15(8-13)21-19(24)17-9-14(20)11-25-17/h2-11H,1H3,(H,21,24). The van der Waals surface area contributed by atoms with Gasteiger partial charge < -0.3 is 9.72 Å². The fraction of sp³-hybridized carbons (Fsp3) is 0.0526. The number of hydrogen-bond acceptors (Lipinski definition) is 3. The molecule has 0 spiro atoms. The Hall–Kier alpha value is -2.44. The van der Waals surface area contributed by atoms with Crippen molar-refractivity contribution in [1.29, 1.82) is 0 Å². The molecule has 0 unspecified atom stereocenters. The topological polar surface area (TPSA) is 46.4 Å². The number of carbonyl (C=O) groups excluding carboxylic acids is 1. The van der Waals surface area contributed by atoms with Crippen LogP contribution in [-0.2, 0) is 0 Å². The summed E-state index contributed by atoms with van der Waals surface area (Å²) in [6, 6.07) is 13.6. The average Bonchev–Trinajstić information content (AvgIpc) is 3.21. The number of nitrogens with zero attached hydrogens (tertiary/aromatic N) is 2. The molecule has 3 aromatic heterocycles. The molecule has 0 aliphatic heterocycles. The molecule has 0 fully saturated rings. The van der Waals surface area contributed by atoms with Gasteiger partial charge in [-0.25, -0.2) is 4.98 Å². The molecule has 1 amide bonds. The fourth-order valence-corrected chi connectivity index (χ4v) is 3.93. The van der Waals surface area contributed by atoms with Gasteiger partial charge in [0.15, 0.2) is 0 Å². The van der Waals surface area contributed by atoms with Gasteiger partial charge in [-0.1, -0.05) is 12.1 Å². The van der Waals surface area contributed by atoms with E-state index in [1.807, 2.05) is 71.6 Å². The number of fused-ring (bicyclic) bond motifs is 1. The zero-order chi connectivity index (χ0) is 17.4. The van der Waals surface area contributed by atoms with Crippen molar-refractivity contribution in [2.75, 3.05) is 5.32 Å². The summed E-state index contributed by atoms with van der Waals surface area (Å²) < 4.78 is 2.91. The molecule has 1 aromatic carbocycles. The molecular weight excluding hydrogens is 398 g/mol. The lowest BCUT2D eigenvalue weighted by molar-refractivity contribution is 0.103. The van der Waals surface area contributed by atoms with Gasteiger partial charge in [-0.3, -0.25) is 4.79 Å². The van der Waals surface area contributed by atoms with Crippen LogP contribution in [0.5, 0.6) is 0 Å². The van der Waals surface area contributed by atoms with E-state index in [0.29, 0.717) is 4.88 Å². The molecule has 4 aromatic rings. The van der Waals surface area contributed by atoms with Crippen molar-refractivity contribution in [3.8, 4) is 11.3 Å². The lowest BCUT2D eigenvalue weighted by Crippen LogP contribution is -2.09. The highest BCUT2D eigenvalue weighted by Crippen LogP contribution is 2.24. The molecule has 0 radical (unpaired) electrons. The van der Waals surface area contributed by atoms with Gasteiger partial charge in [0.05, 0.1) is 10.6 Å². The summed E-state index contributed by atoms with van der Waals surface area (Å²) in [5.41, 5.74) is 4.67. The number of thiophene rings is 1. The lowest BCUT2D eigenvalue weighted by atomic mass is 10.1. The minimum atomic E-state index is -0.113. The number of nitrogens with one attached hydrogen (secondary N) is 1. The molecule has 4 rings (SSSR count). The number of benzene rings is 1. The summed E-state index contributed by atoms with van der Waals surface area (Å²) in [6.45, 7) is 2.05. The number of halogens is 1. The van der Waals surface area contributed by atoms with Crippen molar-refractivity contribution < 1.29 is 4.79 Å². The second-order valence-electron chi connectivity index (χ2n) is 5.76. The largest absolute Gasteiger partial charge is 0.321 e. The maximum atomic E-state index is 12.3. The molecule has 0 saturated heterocycles. The van der Waals surface area contributed by atoms with Crippen molar-refractivity contribution in [1.82, 2.24) is 9.38 Å². The zero-order valence-electron chi connectivity index (χ0n) is 13.4. The molecule has 3 heterocycles. The summed E-state index contributed by atoms with van der Waals surface area (Å²) >= 11 is 4.78. The van der Waals surface area contributed by atoms with Gasteiger partial charge in [0.25, 0.3) is 5.91 Å². The monoisotopic (exact) mass is 411 g/mol. The minimum absolute atomic E-state index is 0.113. The molecule has 0 bridgehead atoms. The zero-order valence-corrected chi connectivity index (χ0v) is 15.8. The number of anilines is 1. The maximum Gasteiger partial charge on any atom is 0.265 e. The molecule has 0 saturated carbocycles. The molecule has 4 nitrogen and oxygen atoms in total. The van der Waals surface area contributed by atoms with Crippen LogP contribution in [0, 0.1) is 6.92 Å². The number of amides is 1. The fourth-order valence-electron chi connectivity index (χ4n) is 2.60. The third-order valence-electron chi connectivity index (χ3n) is 3.82. The van der Waals surface area contributed by atoms with Crippen LogP contribution in [0.2, 0.25) is 0 Å². The van der Waals surface area contributed by atoms with Gasteiger partial charge in [0, 0.05) is 33.5 Å². The van der Waals surface area contributed by atoms with Crippen LogP contribution in [-0.4, -0.2) is 15.3 Å². The first kappa shape index (κ1) is 16.1. The van der Waals surface area contributed by atoms with E-state index in [2.05, 4.69) is 26.2 Å². The van der Waals surface area contributed by atoms with E-state index in [4.69, 9.17) is 0 Å². The molecule has 1 N–H and O–H groups in total. The van der Waals surface area contributed by atoms with E-state index in [-0.39, 0.29) is 5.91 Å². The minimum Gasteiger partial charge on any atom is -0.321 e. The smallest absolute Gasteiger partial charge is 0.265 e. The number of hydrogen-bond donors (Lipinski definition) is 1. The number of imidazole rings is 1. The second kappa shape index (κ2) is 6.46. The first-order valence-electron chi connectivity index (χ1n) is 7.70. The highest BCUT2D eigenvalue weighted by Gasteiger charge is 2.10. The Labute approximate surface area is 157 Å². The van der Waals surface area contributed by atoms with E-state index >= 15 is 0 Å². The van der Waals surface area contributed by atoms with E-state index in [0.717, 1.165) is 27.1 Å². The van der Waals surface area contributed by atoms with Gasteiger partial charge in [0.1, 0.15) is 5.65 Å². The number of pyridine rings is 1. The van der Waals surface area contributed by atoms with Crippen LogP contribution in [0.1, 0.15) is 15.2 Å². The third kappa shape index (κ3) is 3.36. The van der Waals surface area contributed by atoms with Crippen molar-refractivity contribution >= 4 is 44.5 Å². The summed E-state index contributed by atoms with van der Waals surface area (Å²) in [5, 5.41) is 4.83. The summed E-state index contributed by atoms with van der Waals surface area (Å²) in [4.78, 5) is 17.7. The van der Waals surface area contributed by atoms with Gasteiger partial charge in [-0.05, 0) is 58.7 Å². The number of rotatable bonds is 3. The van der Waals surface area contributed by atoms with Crippen LogP contribution in [0.25, 0.3) is 16.9 Å². The summed E-state index contributed by atoms with van der Waals surface area (Å²) in [6.07, 6.45) is 3.99. The Morgan fingerprint density at radius 1 is 1.24 bits per heavy atom. The van der Waals surface area contributed by atoms with Crippen molar-refractivity contribution in [3.63, 3.8) is 0 Å². The highest BCUT2D eigenvalue weighted by molar-refractivity contribution is 9.10. The van der Waals surface area contributed by atoms with Crippen LogP contribution in [0.15, 0.2) is 64.7 Å². The van der Waals surface area contributed by atoms with Crippen LogP contribution in [0.3, 0.4) is 0 Å². The normalized spacial score (nSPS) is 11.0. The van der Waals surface area contributed by atoms with Crippen LogP contribution in [0.4, 0.5) is 5.69 Å². The van der Waals surface area contributed by atoms with E-state index < -0.39 is 0 Å². The molecule has 124 valence electrons. The van der Waals surface area contributed by atoms with Crippen molar-refractivity contribution in [2.24, 2.45) is 0 Å². The molecule has 0 aliphatic rings. The van der Waals surface area contributed by atoms with Crippen molar-refractivity contribution in [2.45, 2.75) is 6.92 Å². The van der Waals surface area contributed by atoms with Gasteiger partial charge in [-0.15, -0.1) is 11.3 Å². The average molecular weight is 412 g/mol. The molecular formula is C19H14BrN3OS. The molecule has 0 atom stereocenters. The SMILES string of the molecule is Cc1ccn2cc(-c3cccc(NC(=O)c4cc(Br)cs4)c3)nc2c1.